The fraction of sp³-hybridized carbons (Fsp3) is 0.781. The van der Waals surface area contributed by atoms with Gasteiger partial charge >= 0.3 is 12.1 Å². The van der Waals surface area contributed by atoms with Gasteiger partial charge in [-0.15, -0.1) is 0 Å². The number of fused-ring (bicyclic) bond motifs is 7. The Morgan fingerprint density at radius 2 is 1.56 bits per heavy atom. The number of hydrogen-bond donors (Lipinski definition) is 0. The minimum Gasteiger partial charge on any atom is -0.469 e. The van der Waals surface area contributed by atoms with Gasteiger partial charge in [0, 0.05) is 16.7 Å². The van der Waals surface area contributed by atoms with Gasteiger partial charge in [0.05, 0.1) is 18.1 Å². The van der Waals surface area contributed by atoms with Crippen LogP contribution in [0.3, 0.4) is 0 Å². The third kappa shape index (κ3) is 3.52. The molecule has 0 spiro atoms. The Kier molecular flexibility index (Phi) is 5.93. The number of Topliss-reactive ketones (excluding diaryl/α,β-unsaturated/α-hetero) is 1. The van der Waals surface area contributed by atoms with E-state index >= 15 is 0 Å². The van der Waals surface area contributed by atoms with Gasteiger partial charge in [-0.3, -0.25) is 14.4 Å². The molecule has 0 bridgehead atoms. The van der Waals surface area contributed by atoms with Crippen molar-refractivity contribution in [3.05, 3.63) is 23.3 Å². The number of ketones is 2. The summed E-state index contributed by atoms with van der Waals surface area (Å²) in [6.45, 7) is 13.6. The SMILES string of the molecule is COC(=O)[C@@]1(C)CC[C@]2(C)CC[C@]3(C)[C@H](C(=O)C=C4[C@@]5(C)C=C(C(F)(F)F)C(=O)C(C)(C)[C@@H]5CC[C@]43C)[C@@H]2C1. The van der Waals surface area contributed by atoms with E-state index in [2.05, 4.69) is 20.8 Å². The summed E-state index contributed by atoms with van der Waals surface area (Å²) < 4.78 is 47.7. The summed E-state index contributed by atoms with van der Waals surface area (Å²) in [6, 6.07) is 0. The van der Waals surface area contributed by atoms with Crippen molar-refractivity contribution < 1.29 is 32.3 Å². The zero-order valence-electron chi connectivity index (χ0n) is 24.6. The molecule has 0 heterocycles. The van der Waals surface area contributed by atoms with Gasteiger partial charge in [0.2, 0.25) is 0 Å². The zero-order valence-corrected chi connectivity index (χ0v) is 24.6. The van der Waals surface area contributed by atoms with Crippen LogP contribution in [-0.2, 0) is 19.1 Å². The van der Waals surface area contributed by atoms with Gasteiger partial charge in [-0.1, -0.05) is 53.2 Å². The molecule has 0 aromatic carbocycles. The third-order valence-electron chi connectivity index (χ3n) is 12.9. The van der Waals surface area contributed by atoms with Crippen molar-refractivity contribution in [3.63, 3.8) is 0 Å². The Bertz CT molecular complexity index is 1210. The Labute approximate surface area is 230 Å². The van der Waals surface area contributed by atoms with E-state index in [4.69, 9.17) is 4.74 Å². The van der Waals surface area contributed by atoms with Crippen LogP contribution in [0.15, 0.2) is 23.3 Å². The summed E-state index contributed by atoms with van der Waals surface area (Å²) >= 11 is 0. The zero-order chi connectivity index (χ0) is 29.2. The lowest BCUT2D eigenvalue weighted by molar-refractivity contribution is -0.180. The van der Waals surface area contributed by atoms with E-state index in [0.717, 1.165) is 37.3 Å². The van der Waals surface area contributed by atoms with Crippen LogP contribution in [0, 0.1) is 50.2 Å². The van der Waals surface area contributed by atoms with E-state index in [1.54, 1.807) is 19.9 Å². The number of ether oxygens (including phenoxy) is 1. The fourth-order valence-corrected chi connectivity index (χ4v) is 10.3. The number of carbonyl (C=O) groups excluding carboxylic acids is 3. The lowest BCUT2D eigenvalue weighted by Gasteiger charge is -2.69. The second kappa shape index (κ2) is 8.09. The van der Waals surface area contributed by atoms with E-state index in [1.807, 2.05) is 13.8 Å². The third-order valence-corrected chi connectivity index (χ3v) is 12.9. The van der Waals surface area contributed by atoms with Gasteiger partial charge in [-0.25, -0.2) is 0 Å². The Morgan fingerprint density at radius 1 is 0.949 bits per heavy atom. The first-order valence-electron chi connectivity index (χ1n) is 14.4. The molecule has 4 nitrogen and oxygen atoms in total. The van der Waals surface area contributed by atoms with Crippen molar-refractivity contribution in [1.82, 2.24) is 0 Å². The first-order chi connectivity index (χ1) is 17.7. The lowest BCUT2D eigenvalue weighted by Crippen LogP contribution is -2.65. The first-order valence-corrected chi connectivity index (χ1v) is 14.4. The Balaban J connectivity index is 1.68. The molecule has 0 radical (unpaired) electrons. The number of alkyl halides is 3. The molecule has 0 N–H and O–H groups in total. The van der Waals surface area contributed by atoms with Gasteiger partial charge in [-0.2, -0.15) is 13.2 Å². The number of allylic oxidation sites excluding steroid dienone is 4. The molecule has 5 aliphatic rings. The Hall–Kier alpha value is -1.92. The molecule has 0 aliphatic heterocycles. The van der Waals surface area contributed by atoms with Crippen molar-refractivity contribution in [1.29, 1.82) is 0 Å². The molecular weight excluding hydrogens is 505 g/mol. The van der Waals surface area contributed by atoms with E-state index in [0.29, 0.717) is 19.3 Å². The average Bonchev–Trinajstić information content (AvgIpc) is 2.83. The molecule has 0 aromatic heterocycles. The largest absolute Gasteiger partial charge is 0.469 e. The summed E-state index contributed by atoms with van der Waals surface area (Å²) in [4.78, 5) is 40.2. The summed E-state index contributed by atoms with van der Waals surface area (Å²) in [5, 5.41) is 0. The quantitative estimate of drug-likeness (QED) is 0.320. The van der Waals surface area contributed by atoms with Gasteiger partial charge in [0.25, 0.3) is 0 Å². The molecular formula is C32H43F3O4. The molecule has 0 amide bonds. The average molecular weight is 549 g/mol. The second-order valence-corrected chi connectivity index (χ2v) is 15.2. The topological polar surface area (TPSA) is 60.4 Å². The number of carbonyl (C=O) groups is 3. The number of esters is 1. The molecule has 3 fully saturated rings. The monoisotopic (exact) mass is 548 g/mol. The highest BCUT2D eigenvalue weighted by molar-refractivity contribution is 6.02. The van der Waals surface area contributed by atoms with Crippen LogP contribution in [0.4, 0.5) is 13.2 Å². The molecule has 8 atom stereocenters. The van der Waals surface area contributed by atoms with Crippen molar-refractivity contribution >= 4 is 17.5 Å². The van der Waals surface area contributed by atoms with Gasteiger partial charge < -0.3 is 4.74 Å². The number of hydrogen-bond acceptors (Lipinski definition) is 4. The number of halogens is 3. The summed E-state index contributed by atoms with van der Waals surface area (Å²) in [5.74, 6) is -1.80. The molecule has 0 aromatic rings. The highest BCUT2D eigenvalue weighted by Gasteiger charge is 2.70. The number of rotatable bonds is 1. The number of methoxy groups -OCH3 is 1. The summed E-state index contributed by atoms with van der Waals surface area (Å²) in [7, 11) is 1.41. The van der Waals surface area contributed by atoms with Gasteiger partial charge in [-0.05, 0) is 86.0 Å². The van der Waals surface area contributed by atoms with Crippen LogP contribution in [0.5, 0.6) is 0 Å². The fourth-order valence-electron chi connectivity index (χ4n) is 10.3. The van der Waals surface area contributed by atoms with Crippen molar-refractivity contribution in [2.24, 2.45) is 50.2 Å². The predicted molar refractivity (Wildman–Crippen MR) is 141 cm³/mol. The van der Waals surface area contributed by atoms with Crippen molar-refractivity contribution in [3.8, 4) is 0 Å². The van der Waals surface area contributed by atoms with Crippen LogP contribution in [0.1, 0.15) is 93.4 Å². The van der Waals surface area contributed by atoms with E-state index in [9.17, 15) is 27.6 Å². The minimum absolute atomic E-state index is 0.0209. The van der Waals surface area contributed by atoms with Crippen molar-refractivity contribution in [2.45, 2.75) is 99.6 Å². The maximum atomic E-state index is 14.3. The molecule has 0 unspecified atom stereocenters. The molecule has 5 aliphatic carbocycles. The van der Waals surface area contributed by atoms with Crippen molar-refractivity contribution in [2.75, 3.05) is 7.11 Å². The van der Waals surface area contributed by atoms with Crippen LogP contribution in [0.2, 0.25) is 0 Å². The molecule has 3 saturated carbocycles. The van der Waals surface area contributed by atoms with Gasteiger partial charge in [0.1, 0.15) is 0 Å². The van der Waals surface area contributed by atoms with Crippen LogP contribution in [-0.4, -0.2) is 30.8 Å². The minimum atomic E-state index is -4.76. The molecule has 0 saturated heterocycles. The molecule has 216 valence electrons. The van der Waals surface area contributed by atoms with Gasteiger partial charge in [0.15, 0.2) is 11.6 Å². The smallest absolute Gasteiger partial charge is 0.419 e. The van der Waals surface area contributed by atoms with E-state index in [-0.39, 0.29) is 34.9 Å². The van der Waals surface area contributed by atoms with Crippen LogP contribution < -0.4 is 0 Å². The second-order valence-electron chi connectivity index (χ2n) is 15.2. The van der Waals surface area contributed by atoms with Crippen LogP contribution >= 0.6 is 0 Å². The first kappa shape index (κ1) is 28.6. The summed E-state index contributed by atoms with van der Waals surface area (Å²) in [5.41, 5.74) is -4.33. The van der Waals surface area contributed by atoms with E-state index < -0.39 is 44.6 Å². The predicted octanol–water partition coefficient (Wildman–Crippen LogP) is 7.42. The van der Waals surface area contributed by atoms with Crippen LogP contribution in [0.25, 0.3) is 0 Å². The highest BCUT2D eigenvalue weighted by Crippen LogP contribution is 2.74. The van der Waals surface area contributed by atoms with E-state index in [1.165, 1.54) is 7.11 Å². The molecule has 39 heavy (non-hydrogen) atoms. The summed E-state index contributed by atoms with van der Waals surface area (Å²) in [6.07, 6.45) is 3.24. The Morgan fingerprint density at radius 3 is 2.15 bits per heavy atom. The molecule has 5 rings (SSSR count). The molecule has 7 heteroatoms. The highest BCUT2D eigenvalue weighted by atomic mass is 19.4. The maximum absolute atomic E-state index is 14.3. The standard InChI is InChI=1S/C32H43F3O4/c1-26(2)21-9-10-30(6)22(29(21,5)17-19(24(26)37)32(33,34)35)15-20(36)23-18-16-28(4,25(38)39-8)12-11-27(18,3)13-14-31(23,30)7/h15,17-18,21,23H,9-14,16H2,1-8H3/t18-,21-,23-,27+,28-,29-,30+,31+/m0/s1. The lowest BCUT2D eigenvalue weighted by atomic mass is 9.34. The maximum Gasteiger partial charge on any atom is 0.419 e. The normalized spacial score (nSPS) is 47.1.